The van der Waals surface area contributed by atoms with Gasteiger partial charge in [0.05, 0.1) is 0 Å². The highest BCUT2D eigenvalue weighted by Gasteiger charge is 2.38. The molecule has 74 heavy (non-hydrogen) atoms. The van der Waals surface area contributed by atoms with Crippen LogP contribution in [0.3, 0.4) is 0 Å². The zero-order valence-corrected chi connectivity index (χ0v) is 41.5. The average molecular weight is 937 g/mol. The van der Waals surface area contributed by atoms with Crippen LogP contribution in [0.15, 0.2) is 237 Å². The quantitative estimate of drug-likeness (QED) is 0.165. The van der Waals surface area contributed by atoms with Crippen LogP contribution >= 0.6 is 0 Å². The molecular weight excluding hydrogens is 889 g/mol. The predicted octanol–water partition coefficient (Wildman–Crippen LogP) is 21.0. The summed E-state index contributed by atoms with van der Waals surface area (Å²) in [6.07, 6.45) is 0. The fourth-order valence-corrected chi connectivity index (χ4v) is 13.7. The van der Waals surface area contributed by atoms with Crippen LogP contribution in [-0.4, -0.2) is 0 Å². The van der Waals surface area contributed by atoms with Crippen LogP contribution in [0.2, 0.25) is 0 Å². The Morgan fingerprint density at radius 3 is 0.797 bits per heavy atom. The number of benzene rings is 14. The van der Waals surface area contributed by atoms with E-state index >= 15 is 0 Å². The normalized spacial score (nSPS) is 12.5. The van der Waals surface area contributed by atoms with Gasteiger partial charge in [0.1, 0.15) is 0 Å². The van der Waals surface area contributed by atoms with Crippen molar-refractivity contribution in [3.05, 3.63) is 242 Å². The zero-order chi connectivity index (χ0) is 49.0. The lowest BCUT2D eigenvalue weighted by atomic mass is 9.78. The lowest BCUT2D eigenvalue weighted by molar-refractivity contribution is 0.591. The molecule has 0 amide bonds. The Kier molecular flexibility index (Phi) is 8.54. The van der Waals surface area contributed by atoms with E-state index in [4.69, 9.17) is 0 Å². The Morgan fingerprint density at radius 2 is 0.473 bits per heavy atom. The standard InChI is InChI=1S/C74H48/c1-74(2,3)47-36-37-58-63(42-47)67(55-35-17-25-46-21-7-11-29-51(46)55)73-62-41-40-60-68-59(38-39-61(69(62)68)72(73)66(58)54-34-16-24-45-20-6-10-28-50(45)54)70-64(52-32-14-22-43-18-4-8-26-48(43)52)56-30-12-13-31-57(56)65(71(60)70)53-33-15-23-44-19-5-9-27-49(44)53/h4-42H,1-3H3. The summed E-state index contributed by atoms with van der Waals surface area (Å²) in [6.45, 7) is 7.04. The molecular formula is C74H48. The van der Waals surface area contributed by atoms with E-state index in [1.54, 1.807) is 0 Å². The molecule has 14 aromatic rings. The number of rotatable bonds is 4. The van der Waals surface area contributed by atoms with Gasteiger partial charge in [-0.15, -0.1) is 0 Å². The number of hydrogen-bond donors (Lipinski definition) is 0. The van der Waals surface area contributed by atoms with Gasteiger partial charge in [0, 0.05) is 0 Å². The first-order chi connectivity index (χ1) is 36.4. The summed E-state index contributed by atoms with van der Waals surface area (Å²) in [5, 5.41) is 17.9. The summed E-state index contributed by atoms with van der Waals surface area (Å²) in [7, 11) is 0. The van der Waals surface area contributed by atoms with E-state index in [1.165, 1.54) is 170 Å². The van der Waals surface area contributed by atoms with Gasteiger partial charge in [0.25, 0.3) is 0 Å². The first kappa shape index (κ1) is 41.5. The zero-order valence-electron chi connectivity index (χ0n) is 41.5. The molecule has 0 unspecified atom stereocenters. The largest absolute Gasteiger partial charge is 0.0616 e. The van der Waals surface area contributed by atoms with Crippen LogP contribution in [0.25, 0.3) is 164 Å². The topological polar surface area (TPSA) is 0 Å². The van der Waals surface area contributed by atoms with Crippen molar-refractivity contribution in [1.29, 1.82) is 0 Å². The van der Waals surface area contributed by atoms with E-state index in [0.29, 0.717) is 0 Å². The Hall–Kier alpha value is -9.10. The Morgan fingerprint density at radius 1 is 0.203 bits per heavy atom. The highest BCUT2D eigenvalue weighted by atomic mass is 14.4. The van der Waals surface area contributed by atoms with Crippen LogP contribution in [0.4, 0.5) is 0 Å². The van der Waals surface area contributed by atoms with E-state index in [0.717, 1.165) is 0 Å². The minimum absolute atomic E-state index is 0.0622. The van der Waals surface area contributed by atoms with Gasteiger partial charge < -0.3 is 0 Å². The van der Waals surface area contributed by atoms with Gasteiger partial charge in [-0.25, -0.2) is 0 Å². The second kappa shape index (κ2) is 15.2. The molecule has 0 heterocycles. The first-order valence-electron chi connectivity index (χ1n) is 26.2. The molecule has 2 aliphatic rings. The lowest BCUT2D eigenvalue weighted by Gasteiger charge is -2.25. The van der Waals surface area contributed by atoms with Crippen molar-refractivity contribution >= 4 is 75.4 Å². The molecule has 16 rings (SSSR count). The second-order valence-electron chi connectivity index (χ2n) is 21.7. The van der Waals surface area contributed by atoms with E-state index < -0.39 is 0 Å². The lowest BCUT2D eigenvalue weighted by Crippen LogP contribution is -2.11. The highest BCUT2D eigenvalue weighted by molar-refractivity contribution is 6.37. The van der Waals surface area contributed by atoms with Gasteiger partial charge in [-0.3, -0.25) is 0 Å². The Labute approximate surface area is 430 Å². The van der Waals surface area contributed by atoms with Crippen molar-refractivity contribution < 1.29 is 0 Å². The molecule has 0 aromatic heterocycles. The molecule has 2 aliphatic carbocycles. The van der Waals surface area contributed by atoms with Crippen molar-refractivity contribution in [3.8, 4) is 89.0 Å². The SMILES string of the molecule is CC(C)(C)c1ccc2c(-c3cccc4ccccc34)c3c(c(-c4cccc5ccccc45)c2c1)-c1ccc2c4c(ccc-3c14)-c1c-2c(-c2cccc3ccccc23)c2ccccc2c1-c1cccc2ccccc12. The smallest absolute Gasteiger partial charge is 0.000718 e. The summed E-state index contributed by atoms with van der Waals surface area (Å²) < 4.78 is 0. The van der Waals surface area contributed by atoms with E-state index in [-0.39, 0.29) is 5.41 Å². The van der Waals surface area contributed by atoms with Crippen LogP contribution in [-0.2, 0) is 5.41 Å². The molecule has 344 valence electrons. The molecule has 0 N–H and O–H groups in total. The molecule has 14 aromatic carbocycles. The van der Waals surface area contributed by atoms with Gasteiger partial charge >= 0.3 is 0 Å². The van der Waals surface area contributed by atoms with Crippen molar-refractivity contribution in [2.75, 3.05) is 0 Å². The van der Waals surface area contributed by atoms with Gasteiger partial charge in [-0.05, 0) is 181 Å². The van der Waals surface area contributed by atoms with Crippen molar-refractivity contribution in [2.24, 2.45) is 0 Å². The molecule has 0 nitrogen and oxygen atoms in total. The summed E-state index contributed by atoms with van der Waals surface area (Å²) in [4.78, 5) is 0. The summed E-state index contributed by atoms with van der Waals surface area (Å²) in [6, 6.07) is 90.0. The molecule has 0 saturated carbocycles. The van der Waals surface area contributed by atoms with E-state index in [2.05, 4.69) is 257 Å². The minimum atomic E-state index is -0.0622. The fourth-order valence-electron chi connectivity index (χ4n) is 13.7. The molecule has 0 radical (unpaired) electrons. The average Bonchev–Trinajstić information content (AvgIpc) is 4.03. The summed E-state index contributed by atoms with van der Waals surface area (Å²) >= 11 is 0. The maximum atomic E-state index is 2.54. The van der Waals surface area contributed by atoms with Gasteiger partial charge in [0.2, 0.25) is 0 Å². The molecule has 0 atom stereocenters. The number of hydrogen-bond acceptors (Lipinski definition) is 0. The van der Waals surface area contributed by atoms with Gasteiger partial charge in [-0.2, -0.15) is 0 Å². The molecule has 0 fully saturated rings. The predicted molar refractivity (Wildman–Crippen MR) is 318 cm³/mol. The highest BCUT2D eigenvalue weighted by Crippen LogP contribution is 2.65. The third kappa shape index (κ3) is 5.63. The maximum Gasteiger partial charge on any atom is -0.000718 e. The summed E-state index contributed by atoms with van der Waals surface area (Å²) in [5.41, 5.74) is 22.0. The maximum absolute atomic E-state index is 2.54. The van der Waals surface area contributed by atoms with Crippen molar-refractivity contribution in [2.45, 2.75) is 26.2 Å². The van der Waals surface area contributed by atoms with E-state index in [9.17, 15) is 0 Å². The molecule has 0 bridgehead atoms. The van der Waals surface area contributed by atoms with Crippen LogP contribution in [0.1, 0.15) is 26.3 Å². The molecule has 0 aliphatic heterocycles. The monoisotopic (exact) mass is 936 g/mol. The van der Waals surface area contributed by atoms with Crippen LogP contribution in [0, 0.1) is 0 Å². The second-order valence-corrected chi connectivity index (χ2v) is 21.7. The number of fused-ring (bicyclic) bond motifs is 12. The van der Waals surface area contributed by atoms with Gasteiger partial charge in [-0.1, -0.05) is 251 Å². The molecule has 0 saturated heterocycles. The van der Waals surface area contributed by atoms with Gasteiger partial charge in [0.15, 0.2) is 0 Å². The summed E-state index contributed by atoms with van der Waals surface area (Å²) in [5.74, 6) is 0. The Bertz CT molecular complexity index is 4650. The molecule has 0 heteroatoms. The molecule has 0 spiro atoms. The third-order valence-corrected chi connectivity index (χ3v) is 16.9. The Balaban J connectivity index is 1.11. The third-order valence-electron chi connectivity index (χ3n) is 16.9. The van der Waals surface area contributed by atoms with Crippen molar-refractivity contribution in [1.82, 2.24) is 0 Å². The first-order valence-corrected chi connectivity index (χ1v) is 26.2. The van der Waals surface area contributed by atoms with Crippen molar-refractivity contribution in [3.63, 3.8) is 0 Å². The van der Waals surface area contributed by atoms with Crippen LogP contribution < -0.4 is 0 Å². The fraction of sp³-hybridized carbons (Fsp3) is 0.0541. The van der Waals surface area contributed by atoms with E-state index in [1.807, 2.05) is 0 Å². The van der Waals surface area contributed by atoms with Crippen LogP contribution in [0.5, 0.6) is 0 Å². The minimum Gasteiger partial charge on any atom is -0.0616 e.